The molecule has 0 spiro atoms. The van der Waals surface area contributed by atoms with E-state index in [1.54, 1.807) is 11.3 Å². The van der Waals surface area contributed by atoms with Crippen LogP contribution in [0.4, 0.5) is 0 Å². The van der Waals surface area contributed by atoms with Crippen LogP contribution in [-0.2, 0) is 4.79 Å². The molecule has 1 heterocycles. The van der Waals surface area contributed by atoms with Crippen molar-refractivity contribution in [2.75, 3.05) is 0 Å². The van der Waals surface area contributed by atoms with Gasteiger partial charge in [0, 0.05) is 16.0 Å². The second-order valence-electron chi connectivity index (χ2n) is 7.60. The molecule has 0 unspecified atom stereocenters. The maximum atomic E-state index is 12.8. The Labute approximate surface area is 132 Å². The molecule has 21 heavy (non-hydrogen) atoms. The number of hydrogen-bond acceptors (Lipinski definition) is 2. The number of carbonyl (C=O) groups is 1. The highest BCUT2D eigenvalue weighted by Crippen LogP contribution is 2.39. The molecular formula is C19H24OS. The lowest BCUT2D eigenvalue weighted by Gasteiger charge is -2.31. The molecule has 0 amide bonds. The number of Topliss-reactive ketones (excluding diaryl/α,β-unsaturated/α-hetero) is 1. The molecule has 1 aliphatic carbocycles. The van der Waals surface area contributed by atoms with Crippen molar-refractivity contribution >= 4 is 23.2 Å². The van der Waals surface area contributed by atoms with Gasteiger partial charge >= 0.3 is 0 Å². The standard InChI is InChI=1S/C19H24OS/c1-18(2,3)15-11-13(10-14-8-7-9-21-14)12-16(17(15)20)19(4,5)6/h7-12H,1-6H3. The quantitative estimate of drug-likeness (QED) is 0.654. The van der Waals surface area contributed by atoms with Crippen molar-refractivity contribution in [1.82, 2.24) is 0 Å². The van der Waals surface area contributed by atoms with E-state index in [0.29, 0.717) is 0 Å². The Morgan fingerprint density at radius 3 is 1.86 bits per heavy atom. The smallest absolute Gasteiger partial charge is 0.186 e. The second-order valence-corrected chi connectivity index (χ2v) is 8.58. The van der Waals surface area contributed by atoms with Crippen molar-refractivity contribution in [3.63, 3.8) is 0 Å². The van der Waals surface area contributed by atoms with E-state index >= 15 is 0 Å². The Hall–Kier alpha value is -1.41. The molecule has 0 aliphatic heterocycles. The fourth-order valence-corrected chi connectivity index (χ4v) is 3.06. The molecular weight excluding hydrogens is 276 g/mol. The van der Waals surface area contributed by atoms with Crippen LogP contribution in [-0.4, -0.2) is 5.78 Å². The zero-order valence-corrected chi connectivity index (χ0v) is 14.6. The van der Waals surface area contributed by atoms with Gasteiger partial charge in [0.25, 0.3) is 0 Å². The minimum Gasteiger partial charge on any atom is -0.289 e. The van der Waals surface area contributed by atoms with Crippen LogP contribution in [0.5, 0.6) is 0 Å². The third kappa shape index (κ3) is 3.62. The molecule has 0 saturated carbocycles. The third-order valence-corrected chi connectivity index (χ3v) is 4.40. The molecule has 0 atom stereocenters. The molecule has 0 aromatic carbocycles. The summed E-state index contributed by atoms with van der Waals surface area (Å²) in [5.74, 6) is 0.193. The van der Waals surface area contributed by atoms with Gasteiger partial charge in [-0.05, 0) is 46.1 Å². The van der Waals surface area contributed by atoms with E-state index in [1.807, 2.05) is 6.07 Å². The van der Waals surface area contributed by atoms with Gasteiger partial charge in [-0.2, -0.15) is 0 Å². The van der Waals surface area contributed by atoms with Crippen LogP contribution in [0.2, 0.25) is 0 Å². The van der Waals surface area contributed by atoms with Gasteiger partial charge in [0.05, 0.1) is 0 Å². The van der Waals surface area contributed by atoms with Crippen LogP contribution in [0.15, 0.2) is 46.4 Å². The van der Waals surface area contributed by atoms with Crippen LogP contribution in [0.1, 0.15) is 46.4 Å². The Kier molecular flexibility index (Phi) is 4.12. The minimum absolute atomic E-state index is 0.142. The van der Waals surface area contributed by atoms with Crippen LogP contribution in [0.3, 0.4) is 0 Å². The lowest BCUT2D eigenvalue weighted by molar-refractivity contribution is -0.114. The van der Waals surface area contributed by atoms with E-state index < -0.39 is 0 Å². The topological polar surface area (TPSA) is 17.1 Å². The van der Waals surface area contributed by atoms with Gasteiger partial charge in [0.2, 0.25) is 0 Å². The molecule has 2 heteroatoms. The molecule has 0 fully saturated rings. The van der Waals surface area contributed by atoms with Crippen LogP contribution in [0, 0.1) is 10.8 Å². The summed E-state index contributed by atoms with van der Waals surface area (Å²) in [6.45, 7) is 12.6. The molecule has 1 aliphatic rings. The van der Waals surface area contributed by atoms with Crippen molar-refractivity contribution in [3.05, 3.63) is 51.3 Å². The number of hydrogen-bond donors (Lipinski definition) is 0. The largest absolute Gasteiger partial charge is 0.289 e. The van der Waals surface area contributed by atoms with E-state index in [4.69, 9.17) is 0 Å². The Morgan fingerprint density at radius 2 is 1.48 bits per heavy atom. The van der Waals surface area contributed by atoms with Crippen molar-refractivity contribution in [3.8, 4) is 0 Å². The average molecular weight is 300 g/mol. The second kappa shape index (κ2) is 5.42. The van der Waals surface area contributed by atoms with Gasteiger partial charge in [-0.25, -0.2) is 0 Å². The number of allylic oxidation sites excluding steroid dienone is 5. The van der Waals surface area contributed by atoms with E-state index in [9.17, 15) is 4.79 Å². The van der Waals surface area contributed by atoms with E-state index in [1.165, 1.54) is 4.88 Å². The van der Waals surface area contributed by atoms with Crippen LogP contribution in [0.25, 0.3) is 6.08 Å². The molecule has 0 radical (unpaired) electrons. The monoisotopic (exact) mass is 300 g/mol. The zero-order valence-electron chi connectivity index (χ0n) is 13.8. The third-order valence-electron chi connectivity index (χ3n) is 3.58. The number of rotatable bonds is 1. The lowest BCUT2D eigenvalue weighted by Crippen LogP contribution is -2.27. The first-order chi connectivity index (χ1) is 9.59. The number of ketones is 1. The molecule has 1 aromatic heterocycles. The Bertz CT molecular complexity index is 590. The molecule has 1 aromatic rings. The highest BCUT2D eigenvalue weighted by molar-refractivity contribution is 7.10. The molecule has 112 valence electrons. The molecule has 1 nitrogen and oxygen atoms in total. The van der Waals surface area contributed by atoms with Gasteiger partial charge in [-0.1, -0.05) is 47.6 Å². The fraction of sp³-hybridized carbons (Fsp3) is 0.421. The molecule has 0 bridgehead atoms. The fourth-order valence-electron chi connectivity index (χ4n) is 2.39. The summed E-state index contributed by atoms with van der Waals surface area (Å²) in [6.07, 6.45) is 6.27. The summed E-state index contributed by atoms with van der Waals surface area (Å²) < 4.78 is 0. The van der Waals surface area contributed by atoms with Gasteiger partial charge < -0.3 is 0 Å². The summed E-state index contributed by atoms with van der Waals surface area (Å²) in [5.41, 5.74) is 2.63. The highest BCUT2D eigenvalue weighted by atomic mass is 32.1. The van der Waals surface area contributed by atoms with Crippen LogP contribution < -0.4 is 0 Å². The highest BCUT2D eigenvalue weighted by Gasteiger charge is 2.33. The SMILES string of the molecule is CC(C)(C)C1=CC(=Cc2cccs2)C=C(C(C)(C)C)C1=O. The number of carbonyl (C=O) groups excluding carboxylic acids is 1. The predicted octanol–water partition coefficient (Wildman–Crippen LogP) is 5.66. The lowest BCUT2D eigenvalue weighted by atomic mass is 9.72. The van der Waals surface area contributed by atoms with Crippen LogP contribution >= 0.6 is 11.3 Å². The van der Waals surface area contributed by atoms with Gasteiger partial charge in [0.15, 0.2) is 5.78 Å². The predicted molar refractivity (Wildman–Crippen MR) is 92.4 cm³/mol. The summed E-state index contributed by atoms with van der Waals surface area (Å²) >= 11 is 1.71. The molecule has 0 saturated heterocycles. The zero-order chi connectivity index (χ0) is 15.8. The van der Waals surface area contributed by atoms with Gasteiger partial charge in [0.1, 0.15) is 0 Å². The van der Waals surface area contributed by atoms with Crippen molar-refractivity contribution in [1.29, 1.82) is 0 Å². The van der Waals surface area contributed by atoms with E-state index in [2.05, 4.69) is 71.2 Å². The van der Waals surface area contributed by atoms with Crippen molar-refractivity contribution in [2.45, 2.75) is 41.5 Å². The summed E-state index contributed by atoms with van der Waals surface area (Å²) in [4.78, 5) is 14.0. The maximum absolute atomic E-state index is 12.8. The summed E-state index contributed by atoms with van der Waals surface area (Å²) in [7, 11) is 0. The molecule has 2 rings (SSSR count). The summed E-state index contributed by atoms with van der Waals surface area (Å²) in [6, 6.07) is 4.15. The first-order valence-corrected chi connectivity index (χ1v) is 8.21. The van der Waals surface area contributed by atoms with E-state index in [0.717, 1.165) is 16.7 Å². The summed E-state index contributed by atoms with van der Waals surface area (Å²) in [5, 5.41) is 2.07. The minimum atomic E-state index is -0.142. The first-order valence-electron chi connectivity index (χ1n) is 7.33. The van der Waals surface area contributed by atoms with Gasteiger partial charge in [-0.15, -0.1) is 11.3 Å². The van der Waals surface area contributed by atoms with Crippen molar-refractivity contribution < 1.29 is 4.79 Å². The average Bonchev–Trinajstić information content (AvgIpc) is 2.81. The first kappa shape index (κ1) is 16.0. The maximum Gasteiger partial charge on any atom is 0.186 e. The van der Waals surface area contributed by atoms with Gasteiger partial charge in [-0.3, -0.25) is 4.79 Å². The normalized spacial score (nSPS) is 16.7. The molecule has 0 N–H and O–H groups in total. The Balaban J connectivity index is 2.55. The van der Waals surface area contributed by atoms with E-state index in [-0.39, 0.29) is 16.6 Å². The number of thiophene rings is 1. The van der Waals surface area contributed by atoms with Crippen molar-refractivity contribution in [2.24, 2.45) is 10.8 Å². The Morgan fingerprint density at radius 1 is 0.952 bits per heavy atom.